The van der Waals surface area contributed by atoms with Gasteiger partial charge < -0.3 is 9.84 Å². The maximum Gasteiger partial charge on any atom is 0.378 e. The van der Waals surface area contributed by atoms with Gasteiger partial charge >= 0.3 is 5.97 Å². The first-order valence-corrected chi connectivity index (χ1v) is 6.53. The van der Waals surface area contributed by atoms with Crippen molar-refractivity contribution in [1.82, 2.24) is 19.7 Å². The van der Waals surface area contributed by atoms with E-state index in [1.54, 1.807) is 6.92 Å². The monoisotopic (exact) mass is 292 g/mol. The van der Waals surface area contributed by atoms with Crippen LogP contribution < -0.4 is 0 Å². The molecular weight excluding hydrogens is 279 g/mol. The molecule has 3 heterocycles. The van der Waals surface area contributed by atoms with Crippen molar-refractivity contribution in [3.63, 3.8) is 0 Å². The summed E-state index contributed by atoms with van der Waals surface area (Å²) in [5.74, 6) is -1.09. The summed E-state index contributed by atoms with van der Waals surface area (Å²) in [5.41, 5.74) is 0.163. The van der Waals surface area contributed by atoms with Gasteiger partial charge in [-0.3, -0.25) is 4.98 Å². The van der Waals surface area contributed by atoms with Gasteiger partial charge in [-0.2, -0.15) is 0 Å². The van der Waals surface area contributed by atoms with Crippen LogP contribution in [0.1, 0.15) is 47.6 Å². The van der Waals surface area contributed by atoms with Crippen LogP contribution in [0.25, 0.3) is 0 Å². The molecule has 0 spiro atoms. The Hall–Kier alpha value is -2.35. The molecule has 8 heteroatoms. The summed E-state index contributed by atoms with van der Waals surface area (Å²) in [6.45, 7) is 1.87. The van der Waals surface area contributed by atoms with Crippen LogP contribution >= 0.6 is 0 Å². The Balaban J connectivity index is 1.99. The molecule has 1 N–H and O–H groups in total. The molecule has 0 bridgehead atoms. The third-order valence-corrected chi connectivity index (χ3v) is 3.26. The summed E-state index contributed by atoms with van der Waals surface area (Å²) in [7, 11) is 0. The fourth-order valence-corrected chi connectivity index (χ4v) is 2.36. The van der Waals surface area contributed by atoms with Crippen molar-refractivity contribution in [2.75, 3.05) is 6.61 Å². The Morgan fingerprint density at radius 1 is 1.62 bits per heavy atom. The van der Waals surface area contributed by atoms with Gasteiger partial charge in [0.05, 0.1) is 6.61 Å². The number of esters is 1. The zero-order chi connectivity index (χ0) is 15.0. The van der Waals surface area contributed by atoms with E-state index in [1.807, 2.05) is 0 Å². The Labute approximate surface area is 119 Å². The first-order valence-electron chi connectivity index (χ1n) is 6.53. The summed E-state index contributed by atoms with van der Waals surface area (Å²) in [5, 5.41) is 14.0. The lowest BCUT2D eigenvalue weighted by atomic mass is 10.1. The normalized spacial score (nSPS) is 20.3. The van der Waals surface area contributed by atoms with Crippen LogP contribution in [0.5, 0.6) is 0 Å². The molecular formula is C13H13FN4O3. The Kier molecular flexibility index (Phi) is 3.38. The van der Waals surface area contributed by atoms with Crippen LogP contribution in [-0.2, 0) is 4.74 Å². The Bertz CT molecular complexity index is 688. The molecule has 3 rings (SSSR count). The number of halogens is 1. The van der Waals surface area contributed by atoms with Crippen LogP contribution in [0.3, 0.4) is 0 Å². The SMILES string of the molecule is CCOC(=O)c1nc2n(n1)C(c1ncccc1F)CC2O. The van der Waals surface area contributed by atoms with Gasteiger partial charge in [0.1, 0.15) is 23.7 Å². The molecule has 21 heavy (non-hydrogen) atoms. The lowest BCUT2D eigenvalue weighted by Gasteiger charge is -2.11. The van der Waals surface area contributed by atoms with Crippen molar-refractivity contribution >= 4 is 5.97 Å². The molecule has 2 unspecified atom stereocenters. The van der Waals surface area contributed by atoms with Crippen LogP contribution in [0.15, 0.2) is 18.3 Å². The molecule has 0 aromatic carbocycles. The van der Waals surface area contributed by atoms with Gasteiger partial charge in [0.2, 0.25) is 0 Å². The fourth-order valence-electron chi connectivity index (χ4n) is 2.36. The molecule has 0 amide bonds. The molecule has 0 fully saturated rings. The highest BCUT2D eigenvalue weighted by Gasteiger charge is 2.37. The molecule has 0 radical (unpaired) electrons. The number of hydrogen-bond donors (Lipinski definition) is 1. The van der Waals surface area contributed by atoms with E-state index in [2.05, 4.69) is 15.1 Å². The number of aliphatic hydroxyl groups is 1. The highest BCUT2D eigenvalue weighted by Crippen LogP contribution is 2.36. The summed E-state index contributed by atoms with van der Waals surface area (Å²) >= 11 is 0. The maximum absolute atomic E-state index is 13.9. The van der Waals surface area contributed by atoms with Gasteiger partial charge in [-0.25, -0.2) is 18.9 Å². The van der Waals surface area contributed by atoms with E-state index in [0.717, 1.165) is 0 Å². The van der Waals surface area contributed by atoms with Crippen molar-refractivity contribution in [2.24, 2.45) is 0 Å². The van der Waals surface area contributed by atoms with Gasteiger partial charge in [-0.15, -0.1) is 5.10 Å². The number of carbonyl (C=O) groups is 1. The predicted molar refractivity (Wildman–Crippen MR) is 67.9 cm³/mol. The van der Waals surface area contributed by atoms with Gasteiger partial charge in [-0.1, -0.05) is 0 Å². The second-order valence-corrected chi connectivity index (χ2v) is 4.60. The lowest BCUT2D eigenvalue weighted by molar-refractivity contribution is 0.0510. The third-order valence-electron chi connectivity index (χ3n) is 3.26. The predicted octanol–water partition coefficient (Wildman–Crippen LogP) is 1.02. The quantitative estimate of drug-likeness (QED) is 0.849. The molecule has 2 atom stereocenters. The van der Waals surface area contributed by atoms with E-state index in [9.17, 15) is 14.3 Å². The number of aromatic nitrogens is 4. The molecule has 0 saturated heterocycles. The van der Waals surface area contributed by atoms with Crippen molar-refractivity contribution < 1.29 is 19.0 Å². The summed E-state index contributed by atoms with van der Waals surface area (Å²) in [6, 6.07) is 2.18. The van der Waals surface area contributed by atoms with E-state index in [4.69, 9.17) is 4.74 Å². The van der Waals surface area contributed by atoms with Crippen LogP contribution in [0.2, 0.25) is 0 Å². The van der Waals surface area contributed by atoms with E-state index in [0.29, 0.717) is 0 Å². The zero-order valence-corrected chi connectivity index (χ0v) is 11.2. The second kappa shape index (κ2) is 5.21. The molecule has 2 aromatic heterocycles. The first kappa shape index (κ1) is 13.6. The minimum absolute atomic E-state index is 0.146. The van der Waals surface area contributed by atoms with Crippen LogP contribution in [0.4, 0.5) is 4.39 Å². The molecule has 110 valence electrons. The van der Waals surface area contributed by atoms with Gasteiger partial charge in [0.25, 0.3) is 5.82 Å². The lowest BCUT2D eigenvalue weighted by Crippen LogP contribution is -2.13. The molecule has 2 aromatic rings. The molecule has 1 aliphatic rings. The highest BCUT2D eigenvalue weighted by molar-refractivity contribution is 5.85. The summed E-state index contributed by atoms with van der Waals surface area (Å²) < 4.78 is 20.0. The number of carbonyl (C=O) groups excluding carboxylic acids is 1. The van der Waals surface area contributed by atoms with E-state index in [-0.39, 0.29) is 30.4 Å². The number of hydrogen-bond acceptors (Lipinski definition) is 6. The molecule has 0 saturated carbocycles. The van der Waals surface area contributed by atoms with Crippen molar-refractivity contribution in [1.29, 1.82) is 0 Å². The average Bonchev–Trinajstić information content (AvgIpc) is 3.01. The summed E-state index contributed by atoms with van der Waals surface area (Å²) in [6.07, 6.45) is 0.755. The number of rotatable bonds is 3. The smallest absolute Gasteiger partial charge is 0.378 e. The third kappa shape index (κ3) is 2.27. The van der Waals surface area contributed by atoms with E-state index in [1.165, 1.54) is 23.0 Å². The minimum Gasteiger partial charge on any atom is -0.460 e. The first-order chi connectivity index (χ1) is 10.1. The molecule has 0 aliphatic carbocycles. The minimum atomic E-state index is -0.924. The van der Waals surface area contributed by atoms with Gasteiger partial charge in [0.15, 0.2) is 5.82 Å². The number of pyridine rings is 1. The number of nitrogens with zero attached hydrogens (tertiary/aromatic N) is 4. The average molecular weight is 292 g/mol. The van der Waals surface area contributed by atoms with Crippen molar-refractivity contribution in [3.05, 3.63) is 41.5 Å². The highest BCUT2D eigenvalue weighted by atomic mass is 19.1. The van der Waals surface area contributed by atoms with Gasteiger partial charge in [-0.05, 0) is 19.1 Å². The largest absolute Gasteiger partial charge is 0.460 e. The van der Waals surface area contributed by atoms with Gasteiger partial charge in [0, 0.05) is 12.6 Å². The van der Waals surface area contributed by atoms with Crippen LogP contribution in [-0.4, -0.2) is 37.4 Å². The number of aliphatic hydroxyl groups excluding tert-OH is 1. The Morgan fingerprint density at radius 2 is 2.43 bits per heavy atom. The summed E-state index contributed by atoms with van der Waals surface area (Å²) in [4.78, 5) is 19.6. The molecule has 1 aliphatic heterocycles. The van der Waals surface area contributed by atoms with E-state index < -0.39 is 23.9 Å². The zero-order valence-electron chi connectivity index (χ0n) is 11.2. The standard InChI is InChI=1S/C13H13FN4O3/c1-2-21-13(20)11-16-12-9(19)6-8(18(12)17-11)10-7(14)4-3-5-15-10/h3-5,8-9,19H,2,6H2,1H3. The molecule has 7 nitrogen and oxygen atoms in total. The number of fused-ring (bicyclic) bond motifs is 1. The second-order valence-electron chi connectivity index (χ2n) is 4.60. The van der Waals surface area contributed by atoms with Crippen LogP contribution in [0, 0.1) is 5.82 Å². The van der Waals surface area contributed by atoms with Crippen molar-refractivity contribution in [2.45, 2.75) is 25.5 Å². The Morgan fingerprint density at radius 3 is 3.14 bits per heavy atom. The topological polar surface area (TPSA) is 90.1 Å². The van der Waals surface area contributed by atoms with E-state index >= 15 is 0 Å². The fraction of sp³-hybridized carbons (Fsp3) is 0.385. The maximum atomic E-state index is 13.9. The number of ether oxygens (including phenoxy) is 1. The van der Waals surface area contributed by atoms with Crippen molar-refractivity contribution in [3.8, 4) is 0 Å².